The lowest BCUT2D eigenvalue weighted by molar-refractivity contribution is -0.149. The molecule has 10 nitrogen and oxygen atoms in total. The number of benzene rings is 2. The summed E-state index contributed by atoms with van der Waals surface area (Å²) in [6.07, 6.45) is 6.31. The number of anilines is 1. The molecule has 3 aromatic rings. The lowest BCUT2D eigenvalue weighted by Crippen LogP contribution is -2.43. The Bertz CT molecular complexity index is 1670. The van der Waals surface area contributed by atoms with Crippen LogP contribution in [0, 0.1) is 5.82 Å². The number of likely N-dealkylation sites (tertiary alicyclic amines) is 1. The number of carbonyl (C=O) groups excluding carboxylic acids is 4. The zero-order valence-corrected chi connectivity index (χ0v) is 32.3. The van der Waals surface area contributed by atoms with E-state index in [0.717, 1.165) is 11.1 Å². The molecule has 4 rings (SSSR count). The number of esters is 1. The molecule has 0 unspecified atom stereocenters. The van der Waals surface area contributed by atoms with Crippen molar-refractivity contribution in [2.45, 2.75) is 89.3 Å². The maximum Gasteiger partial charge on any atom is 0.410 e. The van der Waals surface area contributed by atoms with E-state index >= 15 is 0 Å². The highest BCUT2D eigenvalue weighted by atomic mass is 32.2. The minimum atomic E-state index is -0.825. The summed E-state index contributed by atoms with van der Waals surface area (Å²) in [6.45, 7) is 9.63. The fourth-order valence-electron chi connectivity index (χ4n) is 5.72. The number of rotatable bonds is 15. The van der Waals surface area contributed by atoms with Crippen LogP contribution in [0.1, 0.15) is 79.3 Å². The van der Waals surface area contributed by atoms with E-state index in [1.54, 1.807) is 67.0 Å². The standard InChI is InChI=1S/C39H49FN4O6S2/c1-25(2)49-36(46)34(17-19-51-6)43-35(45)33-20-30(16-13-27(33)12-9-26-10-14-29(40)15-11-26)42-23-31-21-32(24-44(31)38(48)50-39(3,4)5)52-37(47)28-8-7-18-41-22-28/h7-8,10-11,13-16,18,20,22,25,31-32,34,42H,9,12,17,19,21,23-24H2,1-6H3,(H,43,45)/t31-,32-,34-/m0/s1. The summed E-state index contributed by atoms with van der Waals surface area (Å²) < 4.78 is 24.7. The van der Waals surface area contributed by atoms with Gasteiger partial charge in [-0.25, -0.2) is 14.0 Å². The zero-order chi connectivity index (χ0) is 37.8. The molecular weight excluding hydrogens is 704 g/mol. The van der Waals surface area contributed by atoms with Crippen molar-refractivity contribution in [2.24, 2.45) is 0 Å². The van der Waals surface area contributed by atoms with Crippen LogP contribution in [0.5, 0.6) is 0 Å². The van der Waals surface area contributed by atoms with Crippen LogP contribution >= 0.6 is 23.5 Å². The molecule has 0 bridgehead atoms. The van der Waals surface area contributed by atoms with Crippen molar-refractivity contribution < 1.29 is 33.0 Å². The molecular formula is C39H49FN4O6S2. The SMILES string of the molecule is CSCC[C@H](NC(=O)c1cc(NC[C@@H]2C[C@H](SC(=O)c3cccnc3)CN2C(=O)OC(C)(C)C)ccc1CCc1ccc(F)cc1)C(=O)OC(C)C. The van der Waals surface area contributed by atoms with Gasteiger partial charge in [0.25, 0.3) is 5.91 Å². The van der Waals surface area contributed by atoms with Crippen molar-refractivity contribution in [1.29, 1.82) is 0 Å². The van der Waals surface area contributed by atoms with Crippen molar-refractivity contribution >= 4 is 52.3 Å². The van der Waals surface area contributed by atoms with Gasteiger partial charge >= 0.3 is 12.1 Å². The van der Waals surface area contributed by atoms with Crippen molar-refractivity contribution in [3.8, 4) is 0 Å². The van der Waals surface area contributed by atoms with Crippen molar-refractivity contribution in [2.75, 3.05) is 30.4 Å². The third-order valence-corrected chi connectivity index (χ3v) is 9.99. The fraction of sp³-hybridized carbons (Fsp3) is 0.462. The number of hydrogen-bond donors (Lipinski definition) is 2. The van der Waals surface area contributed by atoms with Crippen LogP contribution in [0.15, 0.2) is 67.0 Å². The average Bonchev–Trinajstić information content (AvgIpc) is 3.50. The van der Waals surface area contributed by atoms with Gasteiger partial charge in [-0.15, -0.1) is 0 Å². The monoisotopic (exact) mass is 752 g/mol. The summed E-state index contributed by atoms with van der Waals surface area (Å²) in [5, 5.41) is 6.04. The van der Waals surface area contributed by atoms with Gasteiger partial charge in [0.2, 0.25) is 5.12 Å². The number of pyridine rings is 1. The van der Waals surface area contributed by atoms with Gasteiger partial charge in [-0.05, 0) is 120 Å². The highest BCUT2D eigenvalue weighted by Crippen LogP contribution is 2.32. The number of nitrogens with zero attached hydrogens (tertiary/aromatic N) is 2. The third-order valence-electron chi connectivity index (χ3n) is 8.22. The predicted molar refractivity (Wildman–Crippen MR) is 206 cm³/mol. The quantitative estimate of drug-likeness (QED) is 0.154. The number of ether oxygens (including phenoxy) is 2. The maximum absolute atomic E-state index is 13.9. The van der Waals surface area contributed by atoms with E-state index in [1.807, 2.05) is 39.2 Å². The van der Waals surface area contributed by atoms with Crippen LogP contribution in [0.25, 0.3) is 0 Å². The number of nitrogens with one attached hydrogen (secondary N) is 2. The molecule has 52 heavy (non-hydrogen) atoms. The van der Waals surface area contributed by atoms with Crippen LogP contribution in [0.4, 0.5) is 14.9 Å². The zero-order valence-electron chi connectivity index (χ0n) is 30.6. The van der Waals surface area contributed by atoms with Gasteiger partial charge in [0.15, 0.2) is 0 Å². The Morgan fingerprint density at radius 1 is 1.06 bits per heavy atom. The Kier molecular flexibility index (Phi) is 14.9. The van der Waals surface area contributed by atoms with Crippen LogP contribution in [0.3, 0.4) is 0 Å². The van der Waals surface area contributed by atoms with Gasteiger partial charge < -0.3 is 25.0 Å². The third kappa shape index (κ3) is 12.5. The van der Waals surface area contributed by atoms with Crippen LogP contribution in [-0.2, 0) is 27.1 Å². The van der Waals surface area contributed by atoms with Crippen molar-refractivity contribution in [1.82, 2.24) is 15.2 Å². The number of aryl methyl sites for hydroxylation is 2. The second-order valence-corrected chi connectivity index (χ2v) is 16.2. The van der Waals surface area contributed by atoms with Gasteiger partial charge in [-0.1, -0.05) is 30.0 Å². The van der Waals surface area contributed by atoms with E-state index in [-0.39, 0.29) is 28.3 Å². The molecule has 280 valence electrons. The largest absolute Gasteiger partial charge is 0.461 e. The lowest BCUT2D eigenvalue weighted by atomic mass is 9.98. The second-order valence-electron chi connectivity index (χ2n) is 14.0. The Hall–Kier alpha value is -4.10. The highest BCUT2D eigenvalue weighted by molar-refractivity contribution is 8.14. The molecule has 3 atom stereocenters. The first-order chi connectivity index (χ1) is 24.7. The van der Waals surface area contributed by atoms with Gasteiger partial charge in [-0.2, -0.15) is 11.8 Å². The first kappa shape index (κ1) is 40.7. The molecule has 2 aromatic carbocycles. The molecule has 13 heteroatoms. The van der Waals surface area contributed by atoms with E-state index in [1.165, 1.54) is 30.1 Å². The molecule has 1 saturated heterocycles. The van der Waals surface area contributed by atoms with E-state index in [2.05, 4.69) is 15.6 Å². The number of aromatic nitrogens is 1. The topological polar surface area (TPSA) is 127 Å². The molecule has 2 N–H and O–H groups in total. The number of thioether (sulfide) groups is 2. The minimum absolute atomic E-state index is 0.115. The molecule has 1 fully saturated rings. The normalized spacial score (nSPS) is 16.3. The lowest BCUT2D eigenvalue weighted by Gasteiger charge is -2.29. The molecule has 0 radical (unpaired) electrons. The van der Waals surface area contributed by atoms with Crippen molar-refractivity contribution in [3.05, 3.63) is 95.1 Å². The van der Waals surface area contributed by atoms with Crippen LogP contribution in [-0.4, -0.2) is 87.1 Å². The molecule has 2 heterocycles. The summed E-state index contributed by atoms with van der Waals surface area (Å²) in [5.41, 5.74) is 2.52. The van der Waals surface area contributed by atoms with Gasteiger partial charge in [0.1, 0.15) is 17.5 Å². The average molecular weight is 753 g/mol. The molecule has 1 aromatic heterocycles. The molecule has 2 amide bonds. The highest BCUT2D eigenvalue weighted by Gasteiger charge is 2.39. The van der Waals surface area contributed by atoms with E-state index in [0.29, 0.717) is 61.3 Å². The number of hydrogen-bond acceptors (Lipinski definition) is 10. The van der Waals surface area contributed by atoms with Crippen LogP contribution in [0.2, 0.25) is 0 Å². The summed E-state index contributed by atoms with van der Waals surface area (Å²) in [7, 11) is 0. The number of amides is 2. The Morgan fingerprint density at radius 3 is 2.46 bits per heavy atom. The van der Waals surface area contributed by atoms with E-state index in [4.69, 9.17) is 9.47 Å². The summed E-state index contributed by atoms with van der Waals surface area (Å²) >= 11 is 2.76. The number of carbonyl (C=O) groups is 4. The maximum atomic E-state index is 13.9. The summed E-state index contributed by atoms with van der Waals surface area (Å²) in [5.74, 6) is -0.565. The molecule has 1 aliphatic rings. The molecule has 0 spiro atoms. The summed E-state index contributed by atoms with van der Waals surface area (Å²) in [4.78, 5) is 58.9. The van der Waals surface area contributed by atoms with Crippen molar-refractivity contribution in [3.63, 3.8) is 0 Å². The first-order valence-electron chi connectivity index (χ1n) is 17.4. The molecule has 0 aliphatic carbocycles. The molecule has 1 aliphatic heterocycles. The predicted octanol–water partition coefficient (Wildman–Crippen LogP) is 7.17. The minimum Gasteiger partial charge on any atom is -0.461 e. The van der Waals surface area contributed by atoms with E-state index in [9.17, 15) is 23.6 Å². The smallest absolute Gasteiger partial charge is 0.410 e. The Morgan fingerprint density at radius 2 is 1.81 bits per heavy atom. The van der Waals surface area contributed by atoms with Gasteiger partial charge in [0, 0.05) is 47.5 Å². The van der Waals surface area contributed by atoms with E-state index < -0.39 is 29.6 Å². The number of halogens is 1. The van der Waals surface area contributed by atoms with Gasteiger partial charge in [-0.3, -0.25) is 14.6 Å². The Labute approximate surface area is 314 Å². The summed E-state index contributed by atoms with van der Waals surface area (Å²) in [6, 6.07) is 14.1. The molecule has 0 saturated carbocycles. The second kappa shape index (κ2) is 19.1. The Balaban J connectivity index is 1.55. The first-order valence-corrected chi connectivity index (χ1v) is 19.7. The van der Waals surface area contributed by atoms with Gasteiger partial charge in [0.05, 0.1) is 12.1 Å². The fourth-order valence-corrected chi connectivity index (χ4v) is 7.30. The van der Waals surface area contributed by atoms with Crippen LogP contribution < -0.4 is 10.6 Å².